The van der Waals surface area contributed by atoms with E-state index in [1.165, 1.54) is 0 Å². The summed E-state index contributed by atoms with van der Waals surface area (Å²) in [6, 6.07) is 9.93. The number of benzene rings is 2. The molecule has 0 spiro atoms. The molecule has 4 atom stereocenters. The first-order chi connectivity index (χ1) is 14.2. The normalized spacial score (nSPS) is 27.0. The molecule has 7 nitrogen and oxygen atoms in total. The van der Waals surface area contributed by atoms with Gasteiger partial charge >= 0.3 is 0 Å². The van der Waals surface area contributed by atoms with Crippen LogP contribution < -0.4 is 23.7 Å². The highest BCUT2D eigenvalue weighted by atomic mass is 16.7. The number of rotatable bonds is 5. The van der Waals surface area contributed by atoms with Crippen molar-refractivity contribution in [3.63, 3.8) is 0 Å². The number of ether oxygens (including phenoxy) is 7. The van der Waals surface area contributed by atoms with Crippen LogP contribution in [0.4, 0.5) is 0 Å². The van der Waals surface area contributed by atoms with E-state index in [4.69, 9.17) is 33.2 Å². The molecule has 0 unspecified atom stereocenters. The van der Waals surface area contributed by atoms with Crippen molar-refractivity contribution >= 4 is 0 Å². The maximum atomic E-state index is 6.24. The van der Waals surface area contributed by atoms with Crippen molar-refractivity contribution in [2.75, 3.05) is 41.3 Å². The Morgan fingerprint density at radius 1 is 0.724 bits per heavy atom. The quantitative estimate of drug-likeness (QED) is 0.761. The third kappa shape index (κ3) is 2.96. The van der Waals surface area contributed by atoms with Crippen molar-refractivity contribution in [1.29, 1.82) is 0 Å². The first kappa shape index (κ1) is 18.4. The molecule has 7 heteroatoms. The summed E-state index contributed by atoms with van der Waals surface area (Å²) in [6.45, 7) is 1.53. The predicted molar refractivity (Wildman–Crippen MR) is 103 cm³/mol. The van der Waals surface area contributed by atoms with E-state index < -0.39 is 0 Å². The van der Waals surface area contributed by atoms with Crippen molar-refractivity contribution < 1.29 is 33.2 Å². The SMILES string of the molecule is COc1cc([C@@H]2OC[C@H]3[C@H]2CO[C@@H]3c2ccc3c(c2)OCO3)cc(OC)c1OC. The third-order valence-corrected chi connectivity index (χ3v) is 6.00. The lowest BCUT2D eigenvalue weighted by Crippen LogP contribution is -2.14. The van der Waals surface area contributed by atoms with Gasteiger partial charge in [-0.15, -0.1) is 0 Å². The number of fused-ring (bicyclic) bond motifs is 2. The summed E-state index contributed by atoms with van der Waals surface area (Å²) in [4.78, 5) is 0. The van der Waals surface area contributed by atoms with E-state index in [-0.39, 0.29) is 30.8 Å². The zero-order valence-corrected chi connectivity index (χ0v) is 16.7. The van der Waals surface area contributed by atoms with Crippen LogP contribution in [-0.4, -0.2) is 41.3 Å². The van der Waals surface area contributed by atoms with Gasteiger partial charge in [0.2, 0.25) is 12.5 Å². The highest BCUT2D eigenvalue weighted by Gasteiger charge is 2.48. The van der Waals surface area contributed by atoms with E-state index in [1.807, 2.05) is 30.3 Å². The molecule has 154 valence electrons. The van der Waals surface area contributed by atoms with Crippen LogP contribution in [0.15, 0.2) is 30.3 Å². The van der Waals surface area contributed by atoms with E-state index in [9.17, 15) is 0 Å². The largest absolute Gasteiger partial charge is 0.493 e. The average molecular weight is 400 g/mol. The number of methoxy groups -OCH3 is 3. The summed E-state index contributed by atoms with van der Waals surface area (Å²) in [5, 5.41) is 0. The van der Waals surface area contributed by atoms with Crippen molar-refractivity contribution in [2.24, 2.45) is 11.8 Å². The minimum absolute atomic E-state index is 0.0264. The van der Waals surface area contributed by atoms with E-state index in [1.54, 1.807) is 21.3 Å². The third-order valence-electron chi connectivity index (χ3n) is 6.00. The molecule has 3 aliphatic heterocycles. The predicted octanol–water partition coefficient (Wildman–Crippen LogP) is 3.52. The lowest BCUT2D eigenvalue weighted by molar-refractivity contribution is 0.0191. The van der Waals surface area contributed by atoms with Gasteiger partial charge in [0.05, 0.1) is 46.8 Å². The van der Waals surface area contributed by atoms with E-state index in [0.717, 1.165) is 22.6 Å². The fraction of sp³-hybridized carbons (Fsp3) is 0.455. The van der Waals surface area contributed by atoms with Gasteiger partial charge in [0.1, 0.15) is 0 Å². The smallest absolute Gasteiger partial charge is 0.231 e. The molecule has 5 rings (SSSR count). The second-order valence-electron chi connectivity index (χ2n) is 7.41. The average Bonchev–Trinajstić information content (AvgIpc) is 3.47. The summed E-state index contributed by atoms with van der Waals surface area (Å²) in [5.74, 6) is 3.89. The Labute approximate surface area is 169 Å². The first-order valence-corrected chi connectivity index (χ1v) is 9.66. The molecule has 0 saturated carbocycles. The van der Waals surface area contributed by atoms with Crippen LogP contribution in [0.2, 0.25) is 0 Å². The van der Waals surface area contributed by atoms with Crippen molar-refractivity contribution in [2.45, 2.75) is 12.2 Å². The van der Waals surface area contributed by atoms with Gasteiger partial charge in [-0.2, -0.15) is 0 Å². The maximum Gasteiger partial charge on any atom is 0.231 e. The first-order valence-electron chi connectivity index (χ1n) is 9.66. The van der Waals surface area contributed by atoms with Crippen LogP contribution in [0.3, 0.4) is 0 Å². The lowest BCUT2D eigenvalue weighted by atomic mass is 9.85. The number of hydrogen-bond donors (Lipinski definition) is 0. The van der Waals surface area contributed by atoms with Crippen LogP contribution in [0, 0.1) is 11.8 Å². The Bertz CT molecular complexity index is 887. The maximum absolute atomic E-state index is 6.24. The molecule has 3 aliphatic rings. The topological polar surface area (TPSA) is 64.6 Å². The summed E-state index contributed by atoms with van der Waals surface area (Å²) in [7, 11) is 4.84. The Hall–Kier alpha value is -2.64. The molecule has 0 bridgehead atoms. The second-order valence-corrected chi connectivity index (χ2v) is 7.41. The highest BCUT2D eigenvalue weighted by molar-refractivity contribution is 5.54. The van der Waals surface area contributed by atoms with E-state index >= 15 is 0 Å². The van der Waals surface area contributed by atoms with Gasteiger partial charge in [0.25, 0.3) is 0 Å². The summed E-state index contributed by atoms with van der Waals surface area (Å²) < 4.78 is 39.8. The van der Waals surface area contributed by atoms with Crippen LogP contribution in [-0.2, 0) is 9.47 Å². The Balaban J connectivity index is 1.42. The molecule has 2 fully saturated rings. The van der Waals surface area contributed by atoms with E-state index in [2.05, 4.69) is 0 Å². The van der Waals surface area contributed by atoms with E-state index in [0.29, 0.717) is 30.5 Å². The van der Waals surface area contributed by atoms with Crippen LogP contribution in [0.1, 0.15) is 23.3 Å². The van der Waals surface area contributed by atoms with Gasteiger partial charge in [0.15, 0.2) is 23.0 Å². The van der Waals surface area contributed by atoms with Gasteiger partial charge in [-0.05, 0) is 35.4 Å². The Morgan fingerprint density at radius 3 is 1.97 bits per heavy atom. The highest BCUT2D eigenvalue weighted by Crippen LogP contribution is 2.52. The fourth-order valence-corrected chi connectivity index (χ4v) is 4.59. The van der Waals surface area contributed by atoms with Crippen molar-refractivity contribution in [1.82, 2.24) is 0 Å². The molecule has 0 aliphatic carbocycles. The second kappa shape index (κ2) is 7.31. The zero-order valence-electron chi connectivity index (χ0n) is 16.7. The molecular weight excluding hydrogens is 376 g/mol. The van der Waals surface area contributed by atoms with Gasteiger partial charge < -0.3 is 33.2 Å². The van der Waals surface area contributed by atoms with Crippen molar-refractivity contribution in [3.05, 3.63) is 41.5 Å². The van der Waals surface area contributed by atoms with Crippen molar-refractivity contribution in [3.8, 4) is 28.7 Å². The molecule has 2 saturated heterocycles. The summed E-state index contributed by atoms with van der Waals surface area (Å²) in [5.41, 5.74) is 2.10. The molecule has 3 heterocycles. The molecule has 0 aromatic heterocycles. The van der Waals surface area contributed by atoms with Gasteiger partial charge in [-0.1, -0.05) is 6.07 Å². The molecule has 0 N–H and O–H groups in total. The molecule has 2 aromatic carbocycles. The molecule has 2 aromatic rings. The Morgan fingerprint density at radius 2 is 1.34 bits per heavy atom. The van der Waals surface area contributed by atoms with Gasteiger partial charge in [-0.3, -0.25) is 0 Å². The van der Waals surface area contributed by atoms with Crippen LogP contribution in [0.5, 0.6) is 28.7 Å². The molecular formula is C22H24O7. The summed E-state index contributed by atoms with van der Waals surface area (Å²) >= 11 is 0. The number of hydrogen-bond acceptors (Lipinski definition) is 7. The monoisotopic (exact) mass is 400 g/mol. The Kier molecular flexibility index (Phi) is 4.64. The van der Waals surface area contributed by atoms with Gasteiger partial charge in [-0.25, -0.2) is 0 Å². The minimum Gasteiger partial charge on any atom is -0.493 e. The summed E-state index contributed by atoms with van der Waals surface area (Å²) in [6.07, 6.45) is -0.116. The molecule has 0 amide bonds. The molecule has 29 heavy (non-hydrogen) atoms. The van der Waals surface area contributed by atoms with Crippen LogP contribution >= 0.6 is 0 Å². The van der Waals surface area contributed by atoms with Gasteiger partial charge in [0, 0.05) is 11.8 Å². The fourth-order valence-electron chi connectivity index (χ4n) is 4.59. The molecule has 0 radical (unpaired) electrons. The standard InChI is InChI=1S/C22H24O7/c1-23-18-7-13(8-19(24-2)22(18)25-3)21-15-10-26-20(14(15)9-27-21)12-4-5-16-17(6-12)29-11-28-16/h4-8,14-15,20-21H,9-11H2,1-3H3/t14-,15+,20+,21-/m0/s1. The minimum atomic E-state index is -0.0901. The van der Waals surface area contributed by atoms with Crippen LogP contribution in [0.25, 0.3) is 0 Å². The lowest BCUT2D eigenvalue weighted by Gasteiger charge is -2.20. The zero-order chi connectivity index (χ0) is 20.0.